The number of nitrogens with one attached hydrogen (secondary N) is 2. The van der Waals surface area contributed by atoms with Gasteiger partial charge in [-0.1, -0.05) is 34.5 Å². The van der Waals surface area contributed by atoms with Crippen LogP contribution in [0.2, 0.25) is 10.0 Å². The monoisotopic (exact) mass is 663 g/mol. The number of thiazole rings is 1. The number of hydrogen-bond donors (Lipinski definition) is 2. The van der Waals surface area contributed by atoms with Crippen molar-refractivity contribution in [1.29, 1.82) is 0 Å². The summed E-state index contributed by atoms with van der Waals surface area (Å²) in [5, 5.41) is 4.42. The molecule has 0 unspecified atom stereocenters. The molecule has 2 atom stereocenters. The minimum atomic E-state index is -0.480. The first-order valence-corrected chi connectivity index (χ1v) is 16.1. The lowest BCUT2D eigenvalue weighted by Gasteiger charge is -2.37. The van der Waals surface area contributed by atoms with E-state index in [4.69, 9.17) is 37.7 Å². The van der Waals surface area contributed by atoms with Gasteiger partial charge < -0.3 is 29.6 Å². The van der Waals surface area contributed by atoms with Gasteiger partial charge in [-0.2, -0.15) is 0 Å². The lowest BCUT2D eigenvalue weighted by atomic mass is 9.88. The molecule has 0 bridgehead atoms. The molecule has 2 N–H and O–H groups in total. The van der Waals surface area contributed by atoms with Crippen LogP contribution in [-0.4, -0.2) is 95.0 Å². The van der Waals surface area contributed by atoms with Crippen molar-refractivity contribution in [3.63, 3.8) is 0 Å². The molecule has 0 saturated carbocycles. The zero-order valence-electron chi connectivity index (χ0n) is 24.8. The number of aryl methyl sites for hydroxylation is 1. The van der Waals surface area contributed by atoms with E-state index in [1.54, 1.807) is 33.4 Å². The van der Waals surface area contributed by atoms with Gasteiger partial charge in [0.05, 0.1) is 35.1 Å². The highest BCUT2D eigenvalue weighted by Gasteiger charge is 2.34. The van der Waals surface area contributed by atoms with Crippen LogP contribution in [0.1, 0.15) is 58.5 Å². The van der Waals surface area contributed by atoms with Crippen LogP contribution in [0.15, 0.2) is 12.4 Å². The number of ether oxygens (including phenoxy) is 2. The average molecular weight is 665 g/mol. The van der Waals surface area contributed by atoms with Crippen molar-refractivity contribution in [2.24, 2.45) is 5.92 Å². The number of anilines is 2. The Morgan fingerprint density at radius 1 is 1.20 bits per heavy atom. The van der Waals surface area contributed by atoms with Crippen molar-refractivity contribution < 1.29 is 23.9 Å². The smallest absolute Gasteiger partial charge is 0.350 e. The molecule has 2 aliphatic heterocycles. The molecule has 2 saturated heterocycles. The van der Waals surface area contributed by atoms with Gasteiger partial charge in [-0.3, -0.25) is 9.59 Å². The van der Waals surface area contributed by atoms with Crippen LogP contribution in [0.5, 0.6) is 0 Å². The second kappa shape index (κ2) is 14.2. The molecule has 3 aromatic rings. The molecule has 2 fully saturated rings. The van der Waals surface area contributed by atoms with E-state index in [-0.39, 0.29) is 41.8 Å². The molecular formula is C29H35Cl2N7O5S. The Morgan fingerprint density at radius 2 is 2.02 bits per heavy atom. The summed E-state index contributed by atoms with van der Waals surface area (Å²) in [6, 6.07) is 0. The highest BCUT2D eigenvalue weighted by Crippen LogP contribution is 2.37. The molecule has 0 aliphatic carbocycles. The van der Waals surface area contributed by atoms with Crippen LogP contribution in [0.3, 0.4) is 0 Å². The van der Waals surface area contributed by atoms with Crippen LogP contribution in [-0.2, 0) is 14.3 Å². The van der Waals surface area contributed by atoms with Crippen molar-refractivity contribution in [3.05, 3.63) is 38.7 Å². The number of H-pyrrole nitrogens is 1. The van der Waals surface area contributed by atoms with E-state index in [1.807, 2.05) is 4.90 Å². The summed E-state index contributed by atoms with van der Waals surface area (Å²) >= 11 is 13.7. The van der Waals surface area contributed by atoms with Gasteiger partial charge in [0.25, 0.3) is 0 Å². The summed E-state index contributed by atoms with van der Waals surface area (Å²) < 4.78 is 11.1. The fraction of sp³-hybridized carbons (Fsp3) is 0.517. The number of piperidine rings is 1. The van der Waals surface area contributed by atoms with Crippen LogP contribution < -0.4 is 10.2 Å². The summed E-state index contributed by atoms with van der Waals surface area (Å²) in [6.07, 6.45) is 5.33. The third-order valence-corrected chi connectivity index (χ3v) is 9.92. The van der Waals surface area contributed by atoms with Crippen LogP contribution in [0.4, 0.5) is 10.9 Å². The van der Waals surface area contributed by atoms with Crippen molar-refractivity contribution in [3.8, 4) is 11.4 Å². The number of hydrogen-bond acceptors (Lipinski definition) is 11. The number of likely N-dealkylation sites (tertiary alicyclic amines) is 1. The molecule has 3 aromatic heterocycles. The molecule has 2 aliphatic rings. The largest absolute Gasteiger partial charge is 0.462 e. The van der Waals surface area contributed by atoms with Crippen molar-refractivity contribution in [1.82, 2.24) is 24.8 Å². The molecule has 44 heavy (non-hydrogen) atoms. The van der Waals surface area contributed by atoms with Crippen LogP contribution in [0.25, 0.3) is 11.4 Å². The highest BCUT2D eigenvalue weighted by molar-refractivity contribution is 7.17. The lowest BCUT2D eigenvalue weighted by molar-refractivity contribution is -0.127. The second-order valence-corrected chi connectivity index (χ2v) is 12.5. The molecular weight excluding hydrogens is 629 g/mol. The van der Waals surface area contributed by atoms with Gasteiger partial charge in [0, 0.05) is 58.4 Å². The Kier molecular flexibility index (Phi) is 10.4. The fourth-order valence-electron chi connectivity index (χ4n) is 5.50. The van der Waals surface area contributed by atoms with Gasteiger partial charge in [0.1, 0.15) is 27.8 Å². The van der Waals surface area contributed by atoms with E-state index in [2.05, 4.69) is 25.2 Å². The summed E-state index contributed by atoms with van der Waals surface area (Å²) in [5.74, 6) is 0.0982. The maximum Gasteiger partial charge on any atom is 0.350 e. The summed E-state index contributed by atoms with van der Waals surface area (Å²) in [5.41, 5.74) is 1.81. The SMILES string of the molecule is CCOC(=O)c1sc(N2CC[C@@H](CC(=O)c3[nH]c(C)c(Cl)c3Cl)[C@@H](OC)C2)nc1-c1cnc(NCCN2CCCC2=O)cn1. The topological polar surface area (TPSA) is 143 Å². The minimum Gasteiger partial charge on any atom is -0.462 e. The summed E-state index contributed by atoms with van der Waals surface area (Å²) in [4.78, 5) is 58.8. The van der Waals surface area contributed by atoms with Crippen LogP contribution in [0, 0.1) is 12.8 Å². The number of aromatic nitrogens is 4. The molecule has 236 valence electrons. The first-order chi connectivity index (χ1) is 21.2. The summed E-state index contributed by atoms with van der Waals surface area (Å²) in [6.45, 7) is 6.78. The Balaban J connectivity index is 1.28. The molecule has 0 spiro atoms. The van der Waals surface area contributed by atoms with E-state index >= 15 is 0 Å². The first-order valence-electron chi connectivity index (χ1n) is 14.6. The van der Waals surface area contributed by atoms with Crippen molar-refractivity contribution >= 4 is 63.1 Å². The molecule has 5 rings (SSSR count). The van der Waals surface area contributed by atoms with Gasteiger partial charge >= 0.3 is 5.97 Å². The van der Waals surface area contributed by atoms with Gasteiger partial charge in [0.15, 0.2) is 10.9 Å². The van der Waals surface area contributed by atoms with E-state index in [1.165, 1.54) is 11.3 Å². The van der Waals surface area contributed by atoms with Gasteiger partial charge in [-0.25, -0.2) is 19.7 Å². The Hall–Kier alpha value is -3.26. The first kappa shape index (κ1) is 32.1. The second-order valence-electron chi connectivity index (χ2n) is 10.7. The van der Waals surface area contributed by atoms with E-state index in [0.717, 1.165) is 13.0 Å². The number of ketones is 1. The number of halogens is 2. The van der Waals surface area contributed by atoms with E-state index in [0.29, 0.717) is 82.6 Å². The number of nitrogens with zero attached hydrogens (tertiary/aromatic N) is 5. The standard InChI is InChI=1S/C29H35Cl2N7O5S/c1-4-43-28(41)27-25(18-13-34-21(14-33-18)32-8-11-37-9-5-6-22(37)40)36-29(44-27)38-10-7-17(20(15-38)42-3)12-19(39)26-24(31)23(30)16(2)35-26/h13-14,17,20,35H,4-12,15H2,1-3H3,(H,32,34)/t17-,20-/m0/s1. The number of carbonyl (C=O) groups is 3. The zero-order valence-corrected chi connectivity index (χ0v) is 27.2. The van der Waals surface area contributed by atoms with Crippen LogP contribution >= 0.6 is 34.5 Å². The van der Waals surface area contributed by atoms with Gasteiger partial charge in [-0.15, -0.1) is 0 Å². The van der Waals surface area contributed by atoms with Crippen molar-refractivity contribution in [2.75, 3.05) is 56.7 Å². The Bertz CT molecular complexity index is 1510. The number of rotatable bonds is 12. The van der Waals surface area contributed by atoms with Crippen molar-refractivity contribution in [2.45, 2.75) is 45.6 Å². The molecule has 1 amide bonds. The fourth-order valence-corrected chi connectivity index (χ4v) is 6.94. The number of Topliss-reactive ketones (excluding diaryl/α,β-unsaturated/α-hetero) is 1. The average Bonchev–Trinajstić information content (AvgIpc) is 3.72. The normalized spacial score (nSPS) is 18.6. The molecule has 0 aromatic carbocycles. The predicted molar refractivity (Wildman–Crippen MR) is 169 cm³/mol. The van der Waals surface area contributed by atoms with E-state index in [9.17, 15) is 14.4 Å². The lowest BCUT2D eigenvalue weighted by Crippen LogP contribution is -2.45. The summed E-state index contributed by atoms with van der Waals surface area (Å²) in [7, 11) is 1.62. The molecule has 12 nitrogen and oxygen atoms in total. The Morgan fingerprint density at radius 3 is 2.66 bits per heavy atom. The number of aromatic amines is 1. The van der Waals surface area contributed by atoms with Gasteiger partial charge in [0.2, 0.25) is 5.91 Å². The minimum absolute atomic E-state index is 0.0411. The van der Waals surface area contributed by atoms with Gasteiger partial charge in [-0.05, 0) is 32.6 Å². The number of esters is 1. The molecule has 15 heteroatoms. The maximum atomic E-state index is 13.1. The number of methoxy groups -OCH3 is 1. The van der Waals surface area contributed by atoms with E-state index < -0.39 is 5.97 Å². The third-order valence-electron chi connectivity index (χ3n) is 7.88. The Labute approximate surface area is 269 Å². The highest BCUT2D eigenvalue weighted by atomic mass is 35.5. The number of carbonyl (C=O) groups excluding carboxylic acids is 3. The predicted octanol–water partition coefficient (Wildman–Crippen LogP) is 4.87. The quantitative estimate of drug-likeness (QED) is 0.203. The maximum absolute atomic E-state index is 13.1. The molecule has 0 radical (unpaired) electrons. The molecule has 5 heterocycles. The zero-order chi connectivity index (χ0) is 31.4. The third kappa shape index (κ3) is 7.01. The number of amides is 1.